The Labute approximate surface area is 194 Å². The Morgan fingerprint density at radius 1 is 1.12 bits per heavy atom. The predicted octanol–water partition coefficient (Wildman–Crippen LogP) is 2.05. The molecule has 2 amide bonds. The minimum atomic E-state index is -1.04. The van der Waals surface area contributed by atoms with Crippen molar-refractivity contribution in [2.75, 3.05) is 6.54 Å². The third kappa shape index (κ3) is 3.21. The number of hydrogen-bond acceptors (Lipinski definition) is 5. The van der Waals surface area contributed by atoms with Gasteiger partial charge < -0.3 is 24.4 Å². The fourth-order valence-corrected chi connectivity index (χ4v) is 5.24. The maximum absolute atomic E-state index is 13.6. The summed E-state index contributed by atoms with van der Waals surface area (Å²) in [4.78, 5) is 33.8. The summed E-state index contributed by atoms with van der Waals surface area (Å²) in [6.07, 6.45) is 1.93. The topological polar surface area (TPSA) is 117 Å². The number of amides is 2. The number of quaternary nitrogens is 1. The van der Waals surface area contributed by atoms with Crippen molar-refractivity contribution in [3.63, 3.8) is 0 Å². The lowest BCUT2D eigenvalue weighted by molar-refractivity contribution is -0.991. The Balaban J connectivity index is 1.49. The van der Waals surface area contributed by atoms with Crippen LogP contribution in [0, 0.1) is 5.21 Å². The average Bonchev–Trinajstić information content (AvgIpc) is 3.48. The molecule has 1 saturated heterocycles. The smallest absolute Gasteiger partial charge is 0.246 e. The van der Waals surface area contributed by atoms with E-state index in [0.717, 1.165) is 22.2 Å². The van der Waals surface area contributed by atoms with Crippen LogP contribution in [0.25, 0.3) is 10.9 Å². The van der Waals surface area contributed by atoms with E-state index in [1.54, 1.807) is 35.4 Å². The zero-order chi connectivity index (χ0) is 23.4. The Morgan fingerprint density at radius 3 is 2.76 bits per heavy atom. The van der Waals surface area contributed by atoms with Crippen LogP contribution in [0.15, 0.2) is 71.3 Å². The molecule has 3 atom stereocenters. The molecule has 6 rings (SSSR count). The summed E-state index contributed by atoms with van der Waals surface area (Å²) < 4.78 is 5.40. The van der Waals surface area contributed by atoms with Gasteiger partial charge >= 0.3 is 0 Å². The number of aromatic amines is 1. The van der Waals surface area contributed by atoms with Gasteiger partial charge in [0.05, 0.1) is 18.8 Å². The Bertz CT molecular complexity index is 1390. The van der Waals surface area contributed by atoms with Gasteiger partial charge in [-0.25, -0.2) is 5.21 Å². The molecule has 0 radical (unpaired) electrons. The highest BCUT2D eigenvalue weighted by atomic mass is 16.8. The summed E-state index contributed by atoms with van der Waals surface area (Å²) >= 11 is 0. The Morgan fingerprint density at radius 2 is 1.97 bits per heavy atom. The first-order chi connectivity index (χ1) is 16.5. The number of carbonyl (C=O) groups is 2. The van der Waals surface area contributed by atoms with E-state index in [-0.39, 0.29) is 30.6 Å². The molecule has 2 aliphatic heterocycles. The predicted molar refractivity (Wildman–Crippen MR) is 121 cm³/mol. The van der Waals surface area contributed by atoms with E-state index >= 15 is 0 Å². The first-order valence-corrected chi connectivity index (χ1v) is 11.1. The van der Waals surface area contributed by atoms with Gasteiger partial charge in [0.15, 0.2) is 5.69 Å². The summed E-state index contributed by atoms with van der Waals surface area (Å²) in [6, 6.07) is 16.7. The molecule has 3 unspecified atom stereocenters. The van der Waals surface area contributed by atoms with Crippen molar-refractivity contribution in [3.05, 3.63) is 94.7 Å². The van der Waals surface area contributed by atoms with Crippen molar-refractivity contribution < 1.29 is 24.4 Å². The minimum absolute atomic E-state index is 0.0687. The lowest BCUT2D eigenvalue weighted by Crippen LogP contribution is -2.99. The molecule has 0 aliphatic carbocycles. The summed E-state index contributed by atoms with van der Waals surface area (Å²) in [7, 11) is 0. The van der Waals surface area contributed by atoms with Gasteiger partial charge in [-0.1, -0.05) is 30.3 Å². The highest BCUT2D eigenvalue weighted by Gasteiger charge is 2.48. The van der Waals surface area contributed by atoms with Crippen LogP contribution in [-0.4, -0.2) is 44.4 Å². The highest BCUT2D eigenvalue weighted by molar-refractivity contribution is 5.97. The molecular weight excluding hydrogens is 436 g/mol. The van der Waals surface area contributed by atoms with E-state index in [1.807, 2.05) is 30.3 Å². The number of piperazine rings is 1. The van der Waals surface area contributed by atoms with Gasteiger partial charge in [-0.2, -0.15) is 5.23 Å². The maximum atomic E-state index is 13.6. The molecule has 4 heterocycles. The molecule has 3 N–H and O–H groups in total. The van der Waals surface area contributed by atoms with Crippen molar-refractivity contribution >= 4 is 28.4 Å². The van der Waals surface area contributed by atoms with Crippen LogP contribution in [0.5, 0.6) is 0 Å². The summed E-state index contributed by atoms with van der Waals surface area (Å²) in [5.41, 5.74) is 3.49. The molecule has 2 aromatic carbocycles. The maximum Gasteiger partial charge on any atom is 0.246 e. The van der Waals surface area contributed by atoms with E-state index in [4.69, 9.17) is 4.42 Å². The van der Waals surface area contributed by atoms with Crippen LogP contribution in [0.2, 0.25) is 0 Å². The quantitative estimate of drug-likeness (QED) is 0.405. The second-order valence-electron chi connectivity index (χ2n) is 8.69. The largest absolute Gasteiger partial charge is 0.595 e. The number of fused-ring (bicyclic) bond motifs is 4. The second kappa shape index (κ2) is 7.84. The fourth-order valence-electron chi connectivity index (χ4n) is 5.24. The van der Waals surface area contributed by atoms with E-state index in [0.29, 0.717) is 17.7 Å². The van der Waals surface area contributed by atoms with Crippen molar-refractivity contribution in [2.24, 2.45) is 0 Å². The standard InChI is InChI=1S/C25H22N4O5/c30-22-14-27(13-17-7-4-10-34-17)25(31)21-12-19-18-8-1-2-9-20(18)26-23(19)24(28(21)22)15-5-3-6-16(11-15)29(32)33/h1-11,21,24,26,29,32H,12-14H2. The summed E-state index contributed by atoms with van der Waals surface area (Å²) in [5.74, 6) is 0.279. The molecule has 2 aromatic heterocycles. The first-order valence-electron chi connectivity index (χ1n) is 11.1. The molecule has 0 bridgehead atoms. The third-order valence-electron chi connectivity index (χ3n) is 6.72. The van der Waals surface area contributed by atoms with Gasteiger partial charge in [0.1, 0.15) is 18.3 Å². The number of nitrogens with zero attached hydrogens (tertiary/aromatic N) is 2. The number of H-pyrrole nitrogens is 1. The van der Waals surface area contributed by atoms with Crippen LogP contribution in [-0.2, 0) is 22.6 Å². The van der Waals surface area contributed by atoms with Crippen LogP contribution >= 0.6 is 0 Å². The highest BCUT2D eigenvalue weighted by Crippen LogP contribution is 2.42. The van der Waals surface area contributed by atoms with E-state index < -0.39 is 17.3 Å². The van der Waals surface area contributed by atoms with Gasteiger partial charge in [-0.3, -0.25) is 9.59 Å². The molecule has 9 nitrogen and oxygen atoms in total. The number of nitrogens with one attached hydrogen (secondary N) is 2. The van der Waals surface area contributed by atoms with Crippen LogP contribution in [0.1, 0.15) is 28.6 Å². The zero-order valence-electron chi connectivity index (χ0n) is 18.1. The van der Waals surface area contributed by atoms with Gasteiger partial charge in [0.2, 0.25) is 11.8 Å². The third-order valence-corrected chi connectivity index (χ3v) is 6.72. The molecule has 4 aromatic rings. The number of benzene rings is 2. The molecule has 0 saturated carbocycles. The van der Waals surface area contributed by atoms with Gasteiger partial charge in [-0.05, 0) is 29.3 Å². The molecule has 0 spiro atoms. The normalized spacial score (nSPS) is 21.0. The number of carbonyl (C=O) groups excluding carboxylic acids is 2. The number of hydrogen-bond donors (Lipinski definition) is 3. The van der Waals surface area contributed by atoms with Crippen molar-refractivity contribution in [3.8, 4) is 0 Å². The van der Waals surface area contributed by atoms with Crippen molar-refractivity contribution in [1.82, 2.24) is 14.8 Å². The SMILES string of the molecule is O=C1C2Cc3c([nH]c4ccccc34)C(c3cccc([NH+]([O-])O)c3)N2C(=O)CN1Cc1ccco1. The van der Waals surface area contributed by atoms with Crippen LogP contribution in [0.3, 0.4) is 0 Å². The minimum Gasteiger partial charge on any atom is -0.595 e. The molecule has 34 heavy (non-hydrogen) atoms. The van der Waals surface area contributed by atoms with Crippen LogP contribution < -0.4 is 5.23 Å². The Hall–Kier alpha value is -3.92. The lowest BCUT2D eigenvalue weighted by Gasteiger charge is -2.47. The van der Waals surface area contributed by atoms with Crippen molar-refractivity contribution in [2.45, 2.75) is 25.0 Å². The first kappa shape index (κ1) is 20.7. The summed E-state index contributed by atoms with van der Waals surface area (Å²) in [6.45, 7) is 0.155. The lowest BCUT2D eigenvalue weighted by atomic mass is 9.86. The summed E-state index contributed by atoms with van der Waals surface area (Å²) in [5, 5.41) is 21.2. The van der Waals surface area contributed by atoms with E-state index in [2.05, 4.69) is 4.98 Å². The van der Waals surface area contributed by atoms with E-state index in [9.17, 15) is 20.0 Å². The number of para-hydroxylation sites is 1. The van der Waals surface area contributed by atoms with Gasteiger partial charge in [0.25, 0.3) is 0 Å². The Kier molecular flexibility index (Phi) is 4.77. The average molecular weight is 458 g/mol. The molecule has 172 valence electrons. The zero-order valence-corrected chi connectivity index (χ0v) is 18.1. The van der Waals surface area contributed by atoms with E-state index in [1.165, 1.54) is 11.0 Å². The fraction of sp³-hybridized carbons (Fsp3) is 0.200. The number of aromatic nitrogens is 1. The van der Waals surface area contributed by atoms with Gasteiger partial charge in [0, 0.05) is 35.2 Å². The molecule has 9 heteroatoms. The second-order valence-corrected chi connectivity index (χ2v) is 8.69. The van der Waals surface area contributed by atoms with Crippen molar-refractivity contribution in [1.29, 1.82) is 0 Å². The molecule has 1 fully saturated rings. The number of furan rings is 1. The molecule has 2 aliphatic rings. The monoisotopic (exact) mass is 458 g/mol. The number of rotatable bonds is 4. The molecular formula is C25H22N4O5. The van der Waals surface area contributed by atoms with Gasteiger partial charge in [-0.15, -0.1) is 0 Å². The van der Waals surface area contributed by atoms with Crippen LogP contribution in [0.4, 0.5) is 5.69 Å².